The Hall–Kier alpha value is -2.08. The Morgan fingerprint density at radius 1 is 1.22 bits per heavy atom. The fraction of sp³-hybridized carbons (Fsp3) is 0.619. The zero-order chi connectivity index (χ0) is 19.7. The number of carbonyl (C=O) groups is 1. The van der Waals surface area contributed by atoms with Crippen molar-refractivity contribution in [2.24, 2.45) is 4.99 Å². The highest BCUT2D eigenvalue weighted by molar-refractivity contribution is 5.85. The highest BCUT2D eigenvalue weighted by Gasteiger charge is 2.24. The van der Waals surface area contributed by atoms with Gasteiger partial charge in [-0.15, -0.1) is 0 Å². The van der Waals surface area contributed by atoms with Crippen LogP contribution in [0, 0.1) is 0 Å². The number of amides is 1. The lowest BCUT2D eigenvalue weighted by Crippen LogP contribution is -2.46. The number of nitrogens with zero attached hydrogens (tertiary/aromatic N) is 2. The van der Waals surface area contributed by atoms with E-state index in [0.717, 1.165) is 26.2 Å². The van der Waals surface area contributed by atoms with Crippen LogP contribution in [0.5, 0.6) is 0 Å². The van der Waals surface area contributed by atoms with Gasteiger partial charge >= 0.3 is 0 Å². The monoisotopic (exact) mass is 373 g/mol. The maximum Gasteiger partial charge on any atom is 0.242 e. The molecular formula is C21H35N5O. The number of likely N-dealkylation sites (tertiary alicyclic amines) is 1. The van der Waals surface area contributed by atoms with Gasteiger partial charge < -0.3 is 16.0 Å². The third kappa shape index (κ3) is 7.99. The Morgan fingerprint density at radius 2 is 1.96 bits per heavy atom. The van der Waals surface area contributed by atoms with Gasteiger partial charge in [-0.1, -0.05) is 30.3 Å². The van der Waals surface area contributed by atoms with Crippen molar-refractivity contribution >= 4 is 11.9 Å². The summed E-state index contributed by atoms with van der Waals surface area (Å²) in [5.74, 6) is 0.638. The molecule has 0 bridgehead atoms. The molecule has 1 aromatic carbocycles. The van der Waals surface area contributed by atoms with E-state index in [1.54, 1.807) is 0 Å². The summed E-state index contributed by atoms with van der Waals surface area (Å²) in [5, 5.41) is 9.58. The molecule has 1 fully saturated rings. The third-order valence-corrected chi connectivity index (χ3v) is 4.47. The highest BCUT2D eigenvalue weighted by atomic mass is 16.2. The topological polar surface area (TPSA) is 68.8 Å². The molecule has 3 N–H and O–H groups in total. The molecule has 1 aromatic rings. The summed E-state index contributed by atoms with van der Waals surface area (Å²) < 4.78 is 0. The van der Waals surface area contributed by atoms with E-state index in [2.05, 4.69) is 56.2 Å². The van der Waals surface area contributed by atoms with Crippen molar-refractivity contribution in [2.45, 2.75) is 58.7 Å². The van der Waals surface area contributed by atoms with Crippen LogP contribution in [-0.4, -0.2) is 54.5 Å². The van der Waals surface area contributed by atoms with Gasteiger partial charge in [0.15, 0.2) is 5.96 Å². The van der Waals surface area contributed by atoms with E-state index in [9.17, 15) is 4.79 Å². The molecule has 1 saturated heterocycles. The predicted molar refractivity (Wildman–Crippen MR) is 112 cm³/mol. The van der Waals surface area contributed by atoms with Crippen LogP contribution < -0.4 is 16.0 Å². The number of aliphatic imine (C=N–C) groups is 1. The van der Waals surface area contributed by atoms with Gasteiger partial charge in [0.2, 0.25) is 5.91 Å². The molecular weight excluding hydrogens is 338 g/mol. The molecule has 1 amide bonds. The van der Waals surface area contributed by atoms with E-state index in [1.807, 2.05) is 27.7 Å². The van der Waals surface area contributed by atoms with Gasteiger partial charge in [-0.3, -0.25) is 9.69 Å². The van der Waals surface area contributed by atoms with Gasteiger partial charge in [0.25, 0.3) is 0 Å². The van der Waals surface area contributed by atoms with Crippen LogP contribution in [0.15, 0.2) is 35.3 Å². The molecule has 1 atom stereocenters. The molecule has 0 saturated carbocycles. The van der Waals surface area contributed by atoms with Crippen molar-refractivity contribution < 1.29 is 4.79 Å². The second-order valence-corrected chi connectivity index (χ2v) is 8.13. The van der Waals surface area contributed by atoms with Crippen molar-refractivity contribution in [3.8, 4) is 0 Å². The van der Waals surface area contributed by atoms with E-state index in [4.69, 9.17) is 0 Å². The smallest absolute Gasteiger partial charge is 0.242 e. The molecule has 27 heavy (non-hydrogen) atoms. The summed E-state index contributed by atoms with van der Waals surface area (Å²) in [6, 6.07) is 11.1. The van der Waals surface area contributed by atoms with Crippen molar-refractivity contribution in [3.63, 3.8) is 0 Å². The molecule has 1 heterocycles. The Kier molecular flexibility index (Phi) is 8.10. The Balaban J connectivity index is 1.86. The quantitative estimate of drug-likeness (QED) is 0.506. The number of nitrogens with one attached hydrogen (secondary N) is 3. The first-order valence-corrected chi connectivity index (χ1v) is 9.98. The van der Waals surface area contributed by atoms with E-state index < -0.39 is 0 Å². The molecule has 0 aliphatic carbocycles. The van der Waals surface area contributed by atoms with Crippen molar-refractivity contribution in [1.29, 1.82) is 0 Å². The number of carbonyl (C=O) groups excluding carboxylic acids is 1. The summed E-state index contributed by atoms with van der Waals surface area (Å²) in [6.45, 7) is 11.8. The lowest BCUT2D eigenvalue weighted by Gasteiger charge is -2.25. The average molecular weight is 374 g/mol. The molecule has 1 aliphatic rings. The maximum atomic E-state index is 12.0. The molecule has 1 unspecified atom stereocenters. The number of benzene rings is 1. The van der Waals surface area contributed by atoms with E-state index in [-0.39, 0.29) is 18.0 Å². The third-order valence-electron chi connectivity index (χ3n) is 4.47. The van der Waals surface area contributed by atoms with Crippen LogP contribution in [-0.2, 0) is 11.3 Å². The number of hydrogen-bond acceptors (Lipinski definition) is 3. The van der Waals surface area contributed by atoms with Crippen LogP contribution in [0.1, 0.15) is 46.1 Å². The van der Waals surface area contributed by atoms with Gasteiger partial charge in [0.1, 0.15) is 6.54 Å². The molecule has 0 radical (unpaired) electrons. The summed E-state index contributed by atoms with van der Waals surface area (Å²) in [4.78, 5) is 19.0. The first-order chi connectivity index (χ1) is 12.9. The summed E-state index contributed by atoms with van der Waals surface area (Å²) in [7, 11) is 0. The Labute approximate surface area is 163 Å². The summed E-state index contributed by atoms with van der Waals surface area (Å²) >= 11 is 0. The number of rotatable bonds is 7. The summed E-state index contributed by atoms with van der Waals surface area (Å²) in [5.41, 5.74) is 1.11. The maximum absolute atomic E-state index is 12.0. The van der Waals surface area contributed by atoms with Crippen LogP contribution in [0.2, 0.25) is 0 Å². The van der Waals surface area contributed by atoms with Gasteiger partial charge in [0, 0.05) is 31.2 Å². The second kappa shape index (κ2) is 10.3. The molecule has 1 aliphatic heterocycles. The first kappa shape index (κ1) is 21.2. The minimum Gasteiger partial charge on any atom is -0.357 e. The van der Waals surface area contributed by atoms with Crippen LogP contribution in [0.3, 0.4) is 0 Å². The van der Waals surface area contributed by atoms with E-state index >= 15 is 0 Å². The van der Waals surface area contributed by atoms with E-state index in [1.165, 1.54) is 18.4 Å². The fourth-order valence-electron chi connectivity index (χ4n) is 3.32. The average Bonchev–Trinajstić information content (AvgIpc) is 3.04. The van der Waals surface area contributed by atoms with E-state index in [0.29, 0.717) is 12.0 Å². The van der Waals surface area contributed by atoms with Crippen molar-refractivity contribution in [1.82, 2.24) is 20.9 Å². The zero-order valence-corrected chi connectivity index (χ0v) is 17.2. The molecule has 0 spiro atoms. The number of guanidine groups is 1. The normalized spacial score (nSPS) is 18.4. The second-order valence-electron chi connectivity index (χ2n) is 8.13. The van der Waals surface area contributed by atoms with Gasteiger partial charge in [-0.05, 0) is 52.6 Å². The minimum atomic E-state index is -0.236. The Morgan fingerprint density at radius 3 is 2.63 bits per heavy atom. The predicted octanol–water partition coefficient (Wildman–Crippen LogP) is 2.12. The lowest BCUT2D eigenvalue weighted by molar-refractivity contribution is -0.121. The molecule has 6 nitrogen and oxygen atoms in total. The SMILES string of the molecule is CCNC(=NCC(=O)NC(C)(C)C)NCC1CCCN1Cc1ccccc1. The number of hydrogen-bond donors (Lipinski definition) is 3. The minimum absolute atomic E-state index is 0.0636. The largest absolute Gasteiger partial charge is 0.357 e. The summed E-state index contributed by atoms with van der Waals surface area (Å²) in [6.07, 6.45) is 2.41. The van der Waals surface area contributed by atoms with Gasteiger partial charge in [-0.25, -0.2) is 4.99 Å². The highest BCUT2D eigenvalue weighted by Crippen LogP contribution is 2.19. The Bertz CT molecular complexity index is 609. The molecule has 150 valence electrons. The molecule has 6 heteroatoms. The molecule has 2 rings (SSSR count). The van der Waals surface area contributed by atoms with Gasteiger partial charge in [0.05, 0.1) is 0 Å². The van der Waals surface area contributed by atoms with Crippen LogP contribution >= 0.6 is 0 Å². The van der Waals surface area contributed by atoms with Crippen LogP contribution in [0.4, 0.5) is 0 Å². The van der Waals surface area contributed by atoms with Crippen molar-refractivity contribution in [2.75, 3.05) is 26.2 Å². The lowest BCUT2D eigenvalue weighted by atomic mass is 10.1. The first-order valence-electron chi connectivity index (χ1n) is 9.98. The fourth-order valence-corrected chi connectivity index (χ4v) is 3.32. The van der Waals surface area contributed by atoms with Crippen LogP contribution in [0.25, 0.3) is 0 Å². The van der Waals surface area contributed by atoms with Gasteiger partial charge in [-0.2, -0.15) is 0 Å². The van der Waals surface area contributed by atoms with Crippen molar-refractivity contribution in [3.05, 3.63) is 35.9 Å². The molecule has 0 aromatic heterocycles. The zero-order valence-electron chi connectivity index (χ0n) is 17.2. The standard InChI is InChI=1S/C21H35N5O/c1-5-22-20(24-15-19(27)25-21(2,3)4)23-14-18-12-9-13-26(18)16-17-10-7-6-8-11-17/h6-8,10-11,18H,5,9,12-16H2,1-4H3,(H,25,27)(H2,22,23,24).